The van der Waals surface area contributed by atoms with E-state index < -0.39 is 6.10 Å². The normalized spacial score (nSPS) is 19.6. The molecular formula is C17H17N5O3. The van der Waals surface area contributed by atoms with Gasteiger partial charge in [-0.05, 0) is 17.7 Å². The molecule has 3 aromatic heterocycles. The Hall–Kier alpha value is -2.84. The Kier molecular flexibility index (Phi) is 3.70. The van der Waals surface area contributed by atoms with Crippen LogP contribution in [-0.4, -0.2) is 43.9 Å². The highest BCUT2D eigenvalue weighted by Crippen LogP contribution is 2.23. The number of fused-ring (bicyclic) bond motifs is 2. The Labute approximate surface area is 142 Å². The van der Waals surface area contributed by atoms with Crippen LogP contribution in [0.15, 0.2) is 35.4 Å². The van der Waals surface area contributed by atoms with Crippen molar-refractivity contribution in [1.29, 1.82) is 0 Å². The molecule has 0 amide bonds. The molecule has 25 heavy (non-hydrogen) atoms. The van der Waals surface area contributed by atoms with E-state index in [1.54, 1.807) is 18.3 Å². The van der Waals surface area contributed by atoms with Crippen molar-refractivity contribution in [2.24, 2.45) is 5.73 Å². The van der Waals surface area contributed by atoms with Crippen molar-refractivity contribution in [2.45, 2.75) is 25.0 Å². The van der Waals surface area contributed by atoms with Gasteiger partial charge in [0.1, 0.15) is 5.52 Å². The van der Waals surface area contributed by atoms with E-state index >= 15 is 0 Å². The van der Waals surface area contributed by atoms with Gasteiger partial charge in [0.05, 0.1) is 31.3 Å². The highest BCUT2D eigenvalue weighted by molar-refractivity contribution is 5.72. The number of ether oxygens (including phenoxy) is 1. The van der Waals surface area contributed by atoms with Crippen molar-refractivity contribution < 1.29 is 9.84 Å². The van der Waals surface area contributed by atoms with E-state index in [1.807, 2.05) is 6.07 Å². The Balaban J connectivity index is 1.92. The van der Waals surface area contributed by atoms with E-state index in [-0.39, 0.29) is 11.6 Å². The van der Waals surface area contributed by atoms with Crippen LogP contribution in [0.25, 0.3) is 16.9 Å². The van der Waals surface area contributed by atoms with Gasteiger partial charge in [-0.25, -0.2) is 4.98 Å². The highest BCUT2D eigenvalue weighted by Gasteiger charge is 2.25. The topological polar surface area (TPSA) is 116 Å². The molecule has 1 aliphatic rings. The van der Waals surface area contributed by atoms with Crippen LogP contribution in [-0.2, 0) is 12.8 Å². The van der Waals surface area contributed by atoms with Crippen LogP contribution in [0.5, 0.6) is 5.88 Å². The number of nitrogens with two attached hydrogens (primary N) is 1. The van der Waals surface area contributed by atoms with Gasteiger partial charge in [-0.1, -0.05) is 0 Å². The number of aliphatic hydroxyl groups is 1. The molecule has 0 radical (unpaired) electrons. The average Bonchev–Trinajstić information content (AvgIpc) is 2.62. The summed E-state index contributed by atoms with van der Waals surface area (Å²) in [4.78, 5) is 25.4. The van der Waals surface area contributed by atoms with Crippen molar-refractivity contribution in [2.75, 3.05) is 7.11 Å². The van der Waals surface area contributed by atoms with Crippen LogP contribution in [0.3, 0.4) is 0 Å². The van der Waals surface area contributed by atoms with E-state index in [9.17, 15) is 9.90 Å². The number of hydrogen-bond acceptors (Lipinski definition) is 7. The molecule has 1 aliphatic carbocycles. The number of nitrogens with zero attached hydrogens (tertiary/aromatic N) is 4. The Bertz CT molecular complexity index is 1020. The van der Waals surface area contributed by atoms with Crippen LogP contribution in [0.2, 0.25) is 0 Å². The molecule has 0 saturated carbocycles. The number of aliphatic hydroxyl groups excluding tert-OH is 1. The molecule has 3 heterocycles. The molecular weight excluding hydrogens is 322 g/mol. The van der Waals surface area contributed by atoms with Crippen molar-refractivity contribution in [3.63, 3.8) is 0 Å². The molecule has 128 valence electrons. The molecule has 0 saturated heterocycles. The molecule has 3 N–H and O–H groups in total. The predicted molar refractivity (Wildman–Crippen MR) is 90.9 cm³/mol. The molecule has 3 aromatic rings. The molecule has 8 heteroatoms. The lowest BCUT2D eigenvalue weighted by atomic mass is 9.90. The van der Waals surface area contributed by atoms with Crippen molar-refractivity contribution in [1.82, 2.24) is 19.5 Å². The summed E-state index contributed by atoms with van der Waals surface area (Å²) in [6.07, 6.45) is 3.17. The maximum Gasteiger partial charge on any atom is 0.275 e. The Morgan fingerprint density at radius 2 is 2.12 bits per heavy atom. The maximum absolute atomic E-state index is 12.4. The first kappa shape index (κ1) is 15.7. The minimum atomic E-state index is -0.617. The van der Waals surface area contributed by atoms with E-state index in [1.165, 1.54) is 17.9 Å². The second-order valence-electron chi connectivity index (χ2n) is 6.07. The molecule has 4 rings (SSSR count). The quantitative estimate of drug-likeness (QED) is 0.673. The summed E-state index contributed by atoms with van der Waals surface area (Å²) < 4.78 is 6.60. The molecule has 0 fully saturated rings. The summed E-state index contributed by atoms with van der Waals surface area (Å²) in [5, 5.41) is 10.0. The Morgan fingerprint density at radius 3 is 2.92 bits per heavy atom. The van der Waals surface area contributed by atoms with Gasteiger partial charge in [0.15, 0.2) is 5.65 Å². The zero-order chi connectivity index (χ0) is 17.6. The zero-order valence-electron chi connectivity index (χ0n) is 13.6. The third kappa shape index (κ3) is 2.65. The minimum absolute atomic E-state index is 0.317. The number of methoxy groups -OCH3 is 1. The minimum Gasteiger partial charge on any atom is -0.481 e. The summed E-state index contributed by atoms with van der Waals surface area (Å²) >= 11 is 0. The number of aromatic nitrogens is 4. The van der Waals surface area contributed by atoms with Gasteiger partial charge in [-0.15, -0.1) is 0 Å². The van der Waals surface area contributed by atoms with E-state index in [4.69, 9.17) is 10.5 Å². The molecule has 8 nitrogen and oxygen atoms in total. The summed E-state index contributed by atoms with van der Waals surface area (Å²) in [6, 6.07) is 4.96. The van der Waals surface area contributed by atoms with Gasteiger partial charge < -0.3 is 15.6 Å². The fraction of sp³-hybridized carbons (Fsp3) is 0.294. The van der Waals surface area contributed by atoms with Gasteiger partial charge in [0.2, 0.25) is 5.88 Å². The van der Waals surface area contributed by atoms with Gasteiger partial charge >= 0.3 is 0 Å². The molecule has 0 aliphatic heterocycles. The number of hydrogen-bond donors (Lipinski definition) is 2. The van der Waals surface area contributed by atoms with Crippen LogP contribution in [0.1, 0.15) is 11.3 Å². The number of rotatable bonds is 2. The average molecular weight is 339 g/mol. The molecule has 2 atom stereocenters. The summed E-state index contributed by atoms with van der Waals surface area (Å²) in [5.41, 5.74) is 8.83. The SMILES string of the molecule is COc1ccc2ncc(=O)n(-c3cnc4c(c3)C[C@H](O)[C@H](N)C4)c2n1. The first-order valence-electron chi connectivity index (χ1n) is 7.91. The van der Waals surface area contributed by atoms with Gasteiger partial charge in [-0.3, -0.25) is 14.3 Å². The smallest absolute Gasteiger partial charge is 0.275 e. The molecule has 0 aromatic carbocycles. The lowest BCUT2D eigenvalue weighted by Gasteiger charge is -2.26. The van der Waals surface area contributed by atoms with E-state index in [0.717, 1.165) is 11.3 Å². The van der Waals surface area contributed by atoms with Crippen LogP contribution in [0, 0.1) is 0 Å². The van der Waals surface area contributed by atoms with Crippen molar-refractivity contribution in [3.8, 4) is 11.6 Å². The maximum atomic E-state index is 12.4. The van der Waals surface area contributed by atoms with Gasteiger partial charge in [0, 0.05) is 30.6 Å². The fourth-order valence-corrected chi connectivity index (χ4v) is 3.08. The second-order valence-corrected chi connectivity index (χ2v) is 6.07. The fourth-order valence-electron chi connectivity index (χ4n) is 3.08. The summed E-state index contributed by atoms with van der Waals surface area (Å²) in [5.74, 6) is 0.390. The summed E-state index contributed by atoms with van der Waals surface area (Å²) in [6.45, 7) is 0. The molecule has 0 spiro atoms. The van der Waals surface area contributed by atoms with Crippen LogP contribution >= 0.6 is 0 Å². The lowest BCUT2D eigenvalue weighted by Crippen LogP contribution is -2.42. The van der Waals surface area contributed by atoms with E-state index in [0.29, 0.717) is 35.6 Å². The second kappa shape index (κ2) is 5.91. The zero-order valence-corrected chi connectivity index (χ0v) is 13.6. The van der Waals surface area contributed by atoms with Gasteiger partial charge in [0.25, 0.3) is 5.56 Å². The molecule has 0 unspecified atom stereocenters. The first-order chi connectivity index (χ1) is 12.1. The largest absolute Gasteiger partial charge is 0.481 e. The van der Waals surface area contributed by atoms with Crippen molar-refractivity contribution >= 4 is 11.2 Å². The van der Waals surface area contributed by atoms with Crippen LogP contribution in [0.4, 0.5) is 0 Å². The lowest BCUT2D eigenvalue weighted by molar-refractivity contribution is 0.136. The monoisotopic (exact) mass is 339 g/mol. The molecule has 0 bridgehead atoms. The summed E-state index contributed by atoms with van der Waals surface area (Å²) in [7, 11) is 1.51. The third-order valence-electron chi connectivity index (χ3n) is 4.44. The van der Waals surface area contributed by atoms with Crippen molar-refractivity contribution in [3.05, 3.63) is 52.2 Å². The number of pyridine rings is 2. The predicted octanol–water partition coefficient (Wildman–Crippen LogP) is -0.0289. The van der Waals surface area contributed by atoms with Gasteiger partial charge in [-0.2, -0.15) is 4.98 Å². The highest BCUT2D eigenvalue weighted by atomic mass is 16.5. The third-order valence-corrected chi connectivity index (χ3v) is 4.44. The Morgan fingerprint density at radius 1 is 1.28 bits per heavy atom. The first-order valence-corrected chi connectivity index (χ1v) is 7.91. The van der Waals surface area contributed by atoms with E-state index in [2.05, 4.69) is 15.0 Å². The standard InChI is InChI=1S/C17H17N5O3/c1-25-15-3-2-12-17(21-15)22(16(24)8-20-12)10-4-9-5-14(23)11(18)6-13(9)19-7-10/h2-4,7-8,11,14,23H,5-6,18H2,1H3/t11-,14+/m1/s1. The van der Waals surface area contributed by atoms with Crippen LogP contribution < -0.4 is 16.0 Å².